The maximum atomic E-state index is 13.4. The Bertz CT molecular complexity index is 1170. The first-order chi connectivity index (χ1) is 17.0. The maximum Gasteiger partial charge on any atom is 0.253 e. The minimum Gasteiger partial charge on any atom is -0.369 e. The molecule has 1 saturated carbocycles. The minimum atomic E-state index is -0.110. The number of aryl methyl sites for hydroxylation is 2. The molecule has 0 radical (unpaired) electrons. The van der Waals surface area contributed by atoms with Crippen molar-refractivity contribution in [1.82, 2.24) is 15.6 Å². The van der Waals surface area contributed by atoms with Gasteiger partial charge in [0.05, 0.1) is 0 Å². The zero-order chi connectivity index (χ0) is 24.4. The van der Waals surface area contributed by atoms with Crippen LogP contribution in [0.4, 0.5) is 5.69 Å². The molecule has 5 rings (SSSR count). The molecule has 1 spiro atoms. The predicted octanol–water partition coefficient (Wildman–Crippen LogP) is 4.02. The van der Waals surface area contributed by atoms with Gasteiger partial charge < -0.3 is 20.5 Å². The summed E-state index contributed by atoms with van der Waals surface area (Å²) in [5, 5.41) is 6.52. The van der Waals surface area contributed by atoms with E-state index in [0.29, 0.717) is 22.6 Å². The molecule has 0 unspecified atom stereocenters. The highest BCUT2D eigenvalue weighted by Crippen LogP contribution is 2.42. The van der Waals surface area contributed by atoms with Crippen LogP contribution >= 0.6 is 0 Å². The lowest BCUT2D eigenvalue weighted by atomic mass is 9.68. The Morgan fingerprint density at radius 1 is 1.09 bits per heavy atom. The zero-order valence-electron chi connectivity index (χ0n) is 21.1. The number of carbonyl (C=O) groups excluding carboxylic acids is 1. The van der Waals surface area contributed by atoms with Crippen LogP contribution in [-0.2, 0) is 19.4 Å². The number of benzene rings is 1. The van der Waals surface area contributed by atoms with Gasteiger partial charge in [-0.3, -0.25) is 9.59 Å². The highest BCUT2D eigenvalue weighted by atomic mass is 16.1. The van der Waals surface area contributed by atoms with E-state index in [1.807, 2.05) is 25.1 Å². The van der Waals surface area contributed by atoms with Crippen LogP contribution in [0.5, 0.6) is 0 Å². The molecule has 1 saturated heterocycles. The van der Waals surface area contributed by atoms with Gasteiger partial charge in [0.2, 0.25) is 0 Å². The van der Waals surface area contributed by atoms with E-state index in [1.54, 1.807) is 0 Å². The average Bonchev–Trinajstić information content (AvgIpc) is 2.82. The molecule has 6 nitrogen and oxygen atoms in total. The summed E-state index contributed by atoms with van der Waals surface area (Å²) < 4.78 is 0. The summed E-state index contributed by atoms with van der Waals surface area (Å²) in [6.45, 7) is 7.64. The van der Waals surface area contributed by atoms with Gasteiger partial charge in [-0.1, -0.05) is 18.2 Å². The predicted molar refractivity (Wildman–Crippen MR) is 141 cm³/mol. The Balaban J connectivity index is 1.44. The molecule has 1 aromatic carbocycles. The molecule has 0 bridgehead atoms. The van der Waals surface area contributed by atoms with Crippen LogP contribution in [0.3, 0.4) is 0 Å². The van der Waals surface area contributed by atoms with Gasteiger partial charge in [-0.15, -0.1) is 0 Å². The number of aromatic amines is 1. The van der Waals surface area contributed by atoms with Gasteiger partial charge in [-0.2, -0.15) is 0 Å². The molecular formula is C29H38N4O2. The number of allylic oxidation sites excluding steroid dienone is 2. The number of H-pyrrole nitrogens is 1. The average molecular weight is 475 g/mol. The number of amides is 1. The van der Waals surface area contributed by atoms with Crippen molar-refractivity contribution in [3.05, 3.63) is 74.7 Å². The first-order valence-corrected chi connectivity index (χ1v) is 13.2. The molecule has 6 heteroatoms. The summed E-state index contributed by atoms with van der Waals surface area (Å²) in [4.78, 5) is 31.5. The van der Waals surface area contributed by atoms with Crippen LogP contribution in [0, 0.1) is 12.3 Å². The molecular weight excluding hydrogens is 436 g/mol. The Hall–Kier alpha value is -2.86. The number of hydrogen-bond donors (Lipinski definition) is 3. The summed E-state index contributed by atoms with van der Waals surface area (Å²) >= 11 is 0. The Kier molecular flexibility index (Phi) is 6.83. The highest BCUT2D eigenvalue weighted by molar-refractivity contribution is 5.97. The van der Waals surface area contributed by atoms with Crippen LogP contribution in [-0.4, -0.2) is 36.6 Å². The van der Waals surface area contributed by atoms with Gasteiger partial charge in [0.25, 0.3) is 11.5 Å². The molecule has 2 aliphatic heterocycles. The third-order valence-electron chi connectivity index (χ3n) is 8.36. The van der Waals surface area contributed by atoms with Crippen LogP contribution in [0.15, 0.2) is 41.2 Å². The van der Waals surface area contributed by atoms with Gasteiger partial charge >= 0.3 is 0 Å². The summed E-state index contributed by atoms with van der Waals surface area (Å²) in [7, 11) is 0. The molecule has 35 heavy (non-hydrogen) atoms. The molecule has 3 heterocycles. The minimum absolute atomic E-state index is 0.107. The van der Waals surface area contributed by atoms with Crippen molar-refractivity contribution in [2.45, 2.75) is 71.4 Å². The summed E-state index contributed by atoms with van der Waals surface area (Å²) in [6.07, 6.45) is 11.8. The summed E-state index contributed by atoms with van der Waals surface area (Å²) in [6, 6.07) is 8.67. The van der Waals surface area contributed by atoms with E-state index in [0.717, 1.165) is 42.6 Å². The van der Waals surface area contributed by atoms with Crippen LogP contribution in [0.1, 0.15) is 71.8 Å². The summed E-state index contributed by atoms with van der Waals surface area (Å²) in [5.41, 5.74) is 5.94. The van der Waals surface area contributed by atoms with Gasteiger partial charge in [0.1, 0.15) is 0 Å². The third kappa shape index (κ3) is 4.81. The number of carbonyl (C=O) groups is 1. The molecule has 186 valence electrons. The maximum absolute atomic E-state index is 13.4. The molecule has 1 aliphatic carbocycles. The Labute approximate surface area is 208 Å². The van der Waals surface area contributed by atoms with Crippen molar-refractivity contribution in [3.63, 3.8) is 0 Å². The van der Waals surface area contributed by atoms with Crippen LogP contribution < -0.4 is 21.1 Å². The lowest BCUT2D eigenvalue weighted by molar-refractivity contribution is 0.0949. The number of pyridine rings is 1. The number of fused-ring (bicyclic) bond motifs is 2. The summed E-state index contributed by atoms with van der Waals surface area (Å²) in [5.74, 6) is -0.110. The van der Waals surface area contributed by atoms with Crippen molar-refractivity contribution in [1.29, 1.82) is 0 Å². The fourth-order valence-electron chi connectivity index (χ4n) is 6.28. The number of hydrogen-bond acceptors (Lipinski definition) is 4. The van der Waals surface area contributed by atoms with E-state index in [1.165, 1.54) is 44.5 Å². The normalized spacial score (nSPS) is 21.0. The van der Waals surface area contributed by atoms with Crippen molar-refractivity contribution < 1.29 is 4.79 Å². The molecule has 0 atom stereocenters. The second-order valence-electron chi connectivity index (χ2n) is 10.6. The lowest BCUT2D eigenvalue weighted by Gasteiger charge is -2.49. The van der Waals surface area contributed by atoms with Crippen molar-refractivity contribution >= 4 is 11.6 Å². The van der Waals surface area contributed by atoms with E-state index in [2.05, 4.69) is 45.7 Å². The SMILES string of the molecule is CCN(c1cccc2c1C/C=C/CCc1cc(C)[nH]c(=O)c1CNC2=O)C1CCC2(CC1)CNC2. The number of anilines is 1. The topological polar surface area (TPSA) is 77.2 Å². The zero-order valence-corrected chi connectivity index (χ0v) is 21.1. The van der Waals surface area contributed by atoms with E-state index in [-0.39, 0.29) is 18.0 Å². The molecule has 2 fully saturated rings. The fraction of sp³-hybridized carbons (Fsp3) is 0.517. The second kappa shape index (κ2) is 10.0. The molecule has 1 amide bonds. The largest absolute Gasteiger partial charge is 0.369 e. The molecule has 3 aliphatic rings. The van der Waals surface area contributed by atoms with Crippen LogP contribution in [0.25, 0.3) is 0 Å². The number of nitrogens with zero attached hydrogens (tertiary/aromatic N) is 1. The fourth-order valence-corrected chi connectivity index (χ4v) is 6.28. The monoisotopic (exact) mass is 474 g/mol. The van der Waals surface area contributed by atoms with Crippen molar-refractivity contribution in [2.24, 2.45) is 5.41 Å². The molecule has 2 aromatic rings. The first kappa shape index (κ1) is 23.9. The van der Waals surface area contributed by atoms with Gasteiger partial charge in [0, 0.05) is 54.7 Å². The van der Waals surface area contributed by atoms with Gasteiger partial charge in [-0.25, -0.2) is 0 Å². The van der Waals surface area contributed by atoms with E-state index in [4.69, 9.17) is 0 Å². The lowest BCUT2D eigenvalue weighted by Crippen LogP contribution is -2.56. The molecule has 1 aromatic heterocycles. The quantitative estimate of drug-likeness (QED) is 0.588. The van der Waals surface area contributed by atoms with Crippen LogP contribution in [0.2, 0.25) is 0 Å². The molecule has 3 N–H and O–H groups in total. The van der Waals surface area contributed by atoms with E-state index >= 15 is 0 Å². The Morgan fingerprint density at radius 2 is 1.89 bits per heavy atom. The second-order valence-corrected chi connectivity index (χ2v) is 10.6. The number of rotatable bonds is 3. The van der Waals surface area contributed by atoms with Gasteiger partial charge in [-0.05, 0) is 93.5 Å². The first-order valence-electron chi connectivity index (χ1n) is 13.2. The van der Waals surface area contributed by atoms with Gasteiger partial charge in [0.15, 0.2) is 0 Å². The number of nitrogens with one attached hydrogen (secondary N) is 3. The third-order valence-corrected chi connectivity index (χ3v) is 8.36. The van der Waals surface area contributed by atoms with E-state index in [9.17, 15) is 9.59 Å². The Morgan fingerprint density at radius 3 is 2.60 bits per heavy atom. The standard InChI is InChI=1S/C29H38N4O2/c1-3-33(22-12-14-29(15-13-22)18-30-19-29)26-11-7-10-24-23(26)9-6-4-5-8-21-16-20(2)32-28(35)25(21)17-31-27(24)34/h4,6-7,10-11,16,22,30H,3,5,8-9,12-15,17-19H2,1-2H3,(H,31,34)(H,32,35)/b6-4+. The van der Waals surface area contributed by atoms with Crippen molar-refractivity contribution in [2.75, 3.05) is 24.5 Å². The van der Waals surface area contributed by atoms with Crippen molar-refractivity contribution in [3.8, 4) is 0 Å². The van der Waals surface area contributed by atoms with E-state index < -0.39 is 0 Å². The highest BCUT2D eigenvalue weighted by Gasteiger charge is 2.41. The smallest absolute Gasteiger partial charge is 0.253 e. The number of aromatic nitrogens is 1.